The Kier molecular flexibility index (Phi) is 3.30. The molecule has 0 aromatic heterocycles. The molecule has 3 N–H and O–H groups in total. The van der Waals surface area contributed by atoms with Crippen molar-refractivity contribution in [3.05, 3.63) is 23.8 Å². The molecule has 5 heteroatoms. The lowest BCUT2D eigenvalue weighted by atomic mass is 10.2. The third-order valence-corrected chi connectivity index (χ3v) is 1.64. The molecule has 0 fully saturated rings. The number of methoxy groups -OCH3 is 1. The molecule has 0 bridgehead atoms. The minimum Gasteiger partial charge on any atom is -0.493 e. The highest BCUT2D eigenvalue weighted by Crippen LogP contribution is 2.27. The highest BCUT2D eigenvalue weighted by molar-refractivity contribution is 5.70. The second-order valence-corrected chi connectivity index (χ2v) is 2.69. The summed E-state index contributed by atoms with van der Waals surface area (Å²) < 4.78 is 9.87. The van der Waals surface area contributed by atoms with Crippen LogP contribution in [0.2, 0.25) is 0 Å². The molecule has 0 aliphatic carbocycles. The van der Waals surface area contributed by atoms with E-state index < -0.39 is 6.09 Å². The molecule has 0 spiro atoms. The summed E-state index contributed by atoms with van der Waals surface area (Å²) in [6.07, 6.45) is -0.729. The second-order valence-electron chi connectivity index (χ2n) is 2.69. The molecule has 0 aliphatic heterocycles. The third-order valence-electron chi connectivity index (χ3n) is 1.64. The fourth-order valence-corrected chi connectivity index (χ4v) is 0.988. The lowest BCUT2D eigenvalue weighted by Crippen LogP contribution is -2.32. The smallest absolute Gasteiger partial charge is 0.427 e. The Morgan fingerprint density at radius 2 is 2.14 bits per heavy atom. The first-order valence-corrected chi connectivity index (χ1v) is 4.00. The standard InChI is InChI=1S/C9H12N2O3/c1-6-3-4-7(8(5-6)13-2)14-9(12)11-10/h3-5H,10H2,1-2H3,(H,11,12). The molecule has 0 saturated heterocycles. The van der Waals surface area contributed by atoms with E-state index in [1.807, 2.05) is 18.4 Å². The number of hydrogen-bond acceptors (Lipinski definition) is 4. The van der Waals surface area contributed by atoms with Gasteiger partial charge in [-0.3, -0.25) is 5.43 Å². The van der Waals surface area contributed by atoms with Gasteiger partial charge in [0, 0.05) is 0 Å². The van der Waals surface area contributed by atoms with Crippen LogP contribution in [0.4, 0.5) is 4.79 Å². The van der Waals surface area contributed by atoms with E-state index in [2.05, 4.69) is 0 Å². The van der Waals surface area contributed by atoms with Crippen LogP contribution >= 0.6 is 0 Å². The zero-order valence-electron chi connectivity index (χ0n) is 8.03. The number of nitrogens with one attached hydrogen (secondary N) is 1. The minimum atomic E-state index is -0.729. The second kappa shape index (κ2) is 4.48. The molecular weight excluding hydrogens is 184 g/mol. The molecule has 0 atom stereocenters. The summed E-state index contributed by atoms with van der Waals surface area (Å²) in [5, 5.41) is 0. The van der Waals surface area contributed by atoms with Crippen molar-refractivity contribution >= 4 is 6.09 Å². The molecule has 1 amide bonds. The average molecular weight is 196 g/mol. The van der Waals surface area contributed by atoms with Gasteiger partial charge in [0.05, 0.1) is 7.11 Å². The van der Waals surface area contributed by atoms with E-state index in [0.29, 0.717) is 11.5 Å². The van der Waals surface area contributed by atoms with Crippen LogP contribution in [0.3, 0.4) is 0 Å². The molecule has 1 aromatic carbocycles. The number of ether oxygens (including phenoxy) is 2. The van der Waals surface area contributed by atoms with Gasteiger partial charge in [-0.15, -0.1) is 0 Å². The molecule has 76 valence electrons. The Bertz CT molecular complexity index is 339. The molecule has 0 aliphatic rings. The predicted octanol–water partition coefficient (Wildman–Crippen LogP) is 0.966. The summed E-state index contributed by atoms with van der Waals surface area (Å²) >= 11 is 0. The van der Waals surface area contributed by atoms with E-state index in [4.69, 9.17) is 15.3 Å². The van der Waals surface area contributed by atoms with E-state index in [1.54, 1.807) is 12.1 Å². The first-order chi connectivity index (χ1) is 6.67. The summed E-state index contributed by atoms with van der Waals surface area (Å²) in [5.41, 5.74) is 2.88. The number of amides is 1. The molecule has 14 heavy (non-hydrogen) atoms. The van der Waals surface area contributed by atoms with Crippen LogP contribution in [0.15, 0.2) is 18.2 Å². The first kappa shape index (κ1) is 10.3. The van der Waals surface area contributed by atoms with Gasteiger partial charge in [-0.2, -0.15) is 0 Å². The van der Waals surface area contributed by atoms with Crippen LogP contribution in [0.25, 0.3) is 0 Å². The molecule has 1 aromatic rings. The van der Waals surface area contributed by atoms with Crippen molar-refractivity contribution in [2.75, 3.05) is 7.11 Å². The third kappa shape index (κ3) is 2.37. The lowest BCUT2D eigenvalue weighted by Gasteiger charge is -2.08. The monoisotopic (exact) mass is 196 g/mol. The van der Waals surface area contributed by atoms with E-state index in [-0.39, 0.29) is 0 Å². The minimum absolute atomic E-state index is 0.334. The van der Waals surface area contributed by atoms with Crippen LogP contribution in [0.1, 0.15) is 5.56 Å². The van der Waals surface area contributed by atoms with E-state index >= 15 is 0 Å². The van der Waals surface area contributed by atoms with Crippen molar-refractivity contribution in [2.45, 2.75) is 6.92 Å². The number of hydrazine groups is 1. The fourth-order valence-electron chi connectivity index (χ4n) is 0.988. The Balaban J connectivity index is 2.90. The summed E-state index contributed by atoms with van der Waals surface area (Å²) in [5.74, 6) is 5.70. The lowest BCUT2D eigenvalue weighted by molar-refractivity contribution is 0.198. The van der Waals surface area contributed by atoms with Crippen molar-refractivity contribution in [1.29, 1.82) is 0 Å². The average Bonchev–Trinajstić information content (AvgIpc) is 2.20. The van der Waals surface area contributed by atoms with E-state index in [9.17, 15) is 4.79 Å². The Hall–Kier alpha value is -1.75. The number of carbonyl (C=O) groups excluding carboxylic acids is 1. The maximum atomic E-state index is 10.8. The van der Waals surface area contributed by atoms with Crippen molar-refractivity contribution in [3.63, 3.8) is 0 Å². The number of nitrogens with two attached hydrogens (primary N) is 1. The van der Waals surface area contributed by atoms with Gasteiger partial charge in [0.25, 0.3) is 0 Å². The summed E-state index contributed by atoms with van der Waals surface area (Å²) in [4.78, 5) is 10.8. The van der Waals surface area contributed by atoms with Gasteiger partial charge in [-0.25, -0.2) is 10.6 Å². The predicted molar refractivity (Wildman–Crippen MR) is 51.1 cm³/mol. The van der Waals surface area contributed by atoms with Crippen LogP contribution in [0.5, 0.6) is 11.5 Å². The molecule has 5 nitrogen and oxygen atoms in total. The Labute approximate surface area is 81.8 Å². The highest BCUT2D eigenvalue weighted by Gasteiger charge is 2.08. The van der Waals surface area contributed by atoms with Gasteiger partial charge in [0.1, 0.15) is 0 Å². The quantitative estimate of drug-likeness (QED) is 0.420. The van der Waals surface area contributed by atoms with E-state index in [1.165, 1.54) is 7.11 Å². The number of rotatable bonds is 2. The molecule has 0 unspecified atom stereocenters. The van der Waals surface area contributed by atoms with Gasteiger partial charge in [-0.1, -0.05) is 6.07 Å². The van der Waals surface area contributed by atoms with Gasteiger partial charge in [0.15, 0.2) is 11.5 Å². The number of hydrogen-bond donors (Lipinski definition) is 2. The van der Waals surface area contributed by atoms with Crippen LogP contribution < -0.4 is 20.7 Å². The fraction of sp³-hybridized carbons (Fsp3) is 0.222. The SMILES string of the molecule is COc1cc(C)ccc1OC(=O)NN. The zero-order valence-corrected chi connectivity index (χ0v) is 8.03. The summed E-state index contributed by atoms with van der Waals surface area (Å²) in [6, 6.07) is 5.21. The van der Waals surface area contributed by atoms with Crippen molar-refractivity contribution in [2.24, 2.45) is 5.84 Å². The van der Waals surface area contributed by atoms with Gasteiger partial charge in [0.2, 0.25) is 0 Å². The van der Waals surface area contributed by atoms with Crippen molar-refractivity contribution in [3.8, 4) is 11.5 Å². The summed E-state index contributed by atoms with van der Waals surface area (Å²) in [7, 11) is 1.50. The Morgan fingerprint density at radius 3 is 2.71 bits per heavy atom. The Morgan fingerprint density at radius 1 is 1.43 bits per heavy atom. The van der Waals surface area contributed by atoms with E-state index in [0.717, 1.165) is 5.56 Å². The number of carbonyl (C=O) groups is 1. The molecular formula is C9H12N2O3. The topological polar surface area (TPSA) is 73.6 Å². The molecule has 0 radical (unpaired) electrons. The summed E-state index contributed by atoms with van der Waals surface area (Å²) in [6.45, 7) is 1.91. The molecule has 0 saturated carbocycles. The molecule has 0 heterocycles. The highest BCUT2D eigenvalue weighted by atomic mass is 16.6. The van der Waals surface area contributed by atoms with Crippen molar-refractivity contribution in [1.82, 2.24) is 5.43 Å². The van der Waals surface area contributed by atoms with Gasteiger partial charge >= 0.3 is 6.09 Å². The van der Waals surface area contributed by atoms with Crippen LogP contribution in [0, 0.1) is 6.92 Å². The maximum absolute atomic E-state index is 10.8. The van der Waals surface area contributed by atoms with Crippen molar-refractivity contribution < 1.29 is 14.3 Å². The van der Waals surface area contributed by atoms with Gasteiger partial charge in [-0.05, 0) is 24.6 Å². The van der Waals surface area contributed by atoms with Crippen LogP contribution in [-0.4, -0.2) is 13.2 Å². The first-order valence-electron chi connectivity index (χ1n) is 4.00. The molecule has 1 rings (SSSR count). The van der Waals surface area contributed by atoms with Crippen LogP contribution in [-0.2, 0) is 0 Å². The normalized spacial score (nSPS) is 9.36. The maximum Gasteiger partial charge on any atom is 0.427 e. The largest absolute Gasteiger partial charge is 0.493 e. The number of aryl methyl sites for hydroxylation is 1. The number of benzene rings is 1. The van der Waals surface area contributed by atoms with Gasteiger partial charge < -0.3 is 9.47 Å². The zero-order chi connectivity index (χ0) is 10.6.